The molecule has 7 fully saturated rings. The second-order valence-electron chi connectivity index (χ2n) is 18.2. The molecule has 234 valence electrons. The van der Waals surface area contributed by atoms with Crippen LogP contribution in [0.5, 0.6) is 0 Å². The van der Waals surface area contributed by atoms with Crippen LogP contribution < -0.4 is 0 Å². The van der Waals surface area contributed by atoms with Gasteiger partial charge in [0, 0.05) is 11.8 Å². The summed E-state index contributed by atoms with van der Waals surface area (Å²) in [5, 5.41) is 34.1. The maximum atomic E-state index is 13.1. The van der Waals surface area contributed by atoms with Gasteiger partial charge in [0.2, 0.25) is 0 Å². The number of hydrogen-bond donors (Lipinski definition) is 3. The number of hydrogen-bond acceptors (Lipinski definition) is 4. The Labute approximate surface area is 254 Å². The average molecular weight is 579 g/mol. The van der Waals surface area contributed by atoms with Gasteiger partial charge in [0.25, 0.3) is 0 Å². The van der Waals surface area contributed by atoms with Crippen molar-refractivity contribution in [2.45, 2.75) is 149 Å². The molecular weight excluding hydrogens is 520 g/mol. The SMILES string of the molecule is C[C@]12C(C34CC[C@@H]5[C@@H](CC[C@]6(C)C(=O)CC[C@@H]56)[C@@]3(C)CCC(O)C4)=CC(O)CC1CC[C@@H]1[C@H]2CC[C@]2(C)C(O)CC[C@@H]12. The van der Waals surface area contributed by atoms with Gasteiger partial charge in [-0.05, 0) is 159 Å². The van der Waals surface area contributed by atoms with E-state index in [-0.39, 0.29) is 45.4 Å². The zero-order chi connectivity index (χ0) is 29.4. The number of rotatable bonds is 1. The second kappa shape index (κ2) is 9.18. The Hall–Kier alpha value is -0.710. The number of aliphatic hydroxyl groups excluding tert-OH is 3. The van der Waals surface area contributed by atoms with Crippen LogP contribution in [0.15, 0.2) is 11.6 Å². The van der Waals surface area contributed by atoms with Gasteiger partial charge in [0.15, 0.2) is 0 Å². The fourth-order valence-electron chi connectivity index (χ4n) is 15.2. The lowest BCUT2D eigenvalue weighted by molar-refractivity contribution is -0.180. The van der Waals surface area contributed by atoms with E-state index in [4.69, 9.17) is 0 Å². The van der Waals surface area contributed by atoms with Crippen molar-refractivity contribution in [3.8, 4) is 0 Å². The van der Waals surface area contributed by atoms with E-state index in [1.165, 1.54) is 32.1 Å². The van der Waals surface area contributed by atoms with Crippen LogP contribution in [0.25, 0.3) is 0 Å². The van der Waals surface area contributed by atoms with Crippen LogP contribution in [0.3, 0.4) is 0 Å². The minimum Gasteiger partial charge on any atom is -0.393 e. The van der Waals surface area contributed by atoms with Crippen LogP contribution in [-0.2, 0) is 4.79 Å². The predicted molar refractivity (Wildman–Crippen MR) is 164 cm³/mol. The van der Waals surface area contributed by atoms with Gasteiger partial charge in [-0.1, -0.05) is 39.3 Å². The molecule has 0 saturated heterocycles. The smallest absolute Gasteiger partial charge is 0.139 e. The number of ketones is 1. The first-order chi connectivity index (χ1) is 19.9. The highest BCUT2D eigenvalue weighted by Gasteiger charge is 2.70. The van der Waals surface area contributed by atoms with Crippen LogP contribution in [0.2, 0.25) is 0 Å². The molecule has 0 aliphatic heterocycles. The van der Waals surface area contributed by atoms with Gasteiger partial charge >= 0.3 is 0 Å². The second-order valence-corrected chi connectivity index (χ2v) is 18.2. The molecule has 0 radical (unpaired) electrons. The van der Waals surface area contributed by atoms with Gasteiger partial charge in [-0.15, -0.1) is 0 Å². The van der Waals surface area contributed by atoms with Gasteiger partial charge in [0.1, 0.15) is 5.78 Å². The van der Waals surface area contributed by atoms with Crippen molar-refractivity contribution in [2.75, 3.05) is 0 Å². The highest BCUT2D eigenvalue weighted by atomic mass is 16.3. The van der Waals surface area contributed by atoms with Crippen molar-refractivity contribution >= 4 is 5.78 Å². The van der Waals surface area contributed by atoms with Crippen molar-refractivity contribution in [1.29, 1.82) is 0 Å². The summed E-state index contributed by atoms with van der Waals surface area (Å²) < 4.78 is 0. The Morgan fingerprint density at radius 2 is 1.48 bits per heavy atom. The molecule has 0 bridgehead atoms. The lowest BCUT2D eigenvalue weighted by atomic mass is 9.34. The molecule has 0 aromatic carbocycles. The lowest BCUT2D eigenvalue weighted by Crippen LogP contribution is -2.64. The van der Waals surface area contributed by atoms with Crippen LogP contribution in [0, 0.1) is 68.5 Å². The average Bonchev–Trinajstić information content (AvgIpc) is 3.43. The molecule has 3 N–H and O–H groups in total. The molecule has 8 aliphatic rings. The van der Waals surface area contributed by atoms with Crippen LogP contribution in [0.1, 0.15) is 130 Å². The quantitative estimate of drug-likeness (QED) is 0.287. The zero-order valence-corrected chi connectivity index (χ0v) is 26.9. The molecule has 0 aromatic rings. The summed E-state index contributed by atoms with van der Waals surface area (Å²) in [6.07, 6.45) is 18.5. The highest BCUT2D eigenvalue weighted by molar-refractivity contribution is 5.87. The van der Waals surface area contributed by atoms with E-state index in [1.807, 2.05) is 0 Å². The maximum absolute atomic E-state index is 13.1. The first-order valence-electron chi connectivity index (χ1n) is 18.2. The van der Waals surface area contributed by atoms with Crippen molar-refractivity contribution in [1.82, 2.24) is 0 Å². The Kier molecular flexibility index (Phi) is 6.29. The van der Waals surface area contributed by atoms with Gasteiger partial charge in [-0.3, -0.25) is 4.79 Å². The summed E-state index contributed by atoms with van der Waals surface area (Å²) in [6, 6.07) is 0. The fraction of sp³-hybridized carbons (Fsp3) is 0.921. The molecule has 7 saturated carbocycles. The summed E-state index contributed by atoms with van der Waals surface area (Å²) in [4.78, 5) is 13.1. The van der Waals surface area contributed by atoms with Gasteiger partial charge < -0.3 is 15.3 Å². The van der Waals surface area contributed by atoms with E-state index in [0.717, 1.165) is 70.6 Å². The van der Waals surface area contributed by atoms with Gasteiger partial charge in [-0.25, -0.2) is 0 Å². The first kappa shape index (κ1) is 28.7. The summed E-state index contributed by atoms with van der Waals surface area (Å²) in [5.74, 6) is 4.66. The predicted octanol–water partition coefficient (Wildman–Crippen LogP) is 7.24. The minimum absolute atomic E-state index is 0.0503. The first-order valence-corrected chi connectivity index (χ1v) is 18.2. The summed E-state index contributed by atoms with van der Waals surface area (Å²) in [5.41, 5.74) is 1.59. The van der Waals surface area contributed by atoms with E-state index < -0.39 is 0 Å². The van der Waals surface area contributed by atoms with Crippen LogP contribution >= 0.6 is 0 Å². The molecule has 0 aromatic heterocycles. The molecular formula is C38H58O4. The van der Waals surface area contributed by atoms with E-state index in [2.05, 4.69) is 33.8 Å². The summed E-state index contributed by atoms with van der Waals surface area (Å²) in [6.45, 7) is 9.92. The molecule has 5 unspecified atom stereocenters. The fourth-order valence-corrected chi connectivity index (χ4v) is 15.2. The van der Waals surface area contributed by atoms with Crippen LogP contribution in [-0.4, -0.2) is 39.4 Å². The highest BCUT2D eigenvalue weighted by Crippen LogP contribution is 2.76. The van der Waals surface area contributed by atoms with E-state index in [1.54, 1.807) is 5.57 Å². The normalized spacial score (nSPS) is 60.4. The Morgan fingerprint density at radius 1 is 0.714 bits per heavy atom. The van der Waals surface area contributed by atoms with Gasteiger partial charge in [0.05, 0.1) is 18.3 Å². The maximum Gasteiger partial charge on any atom is 0.139 e. The molecule has 4 nitrogen and oxygen atoms in total. The molecule has 8 aliphatic carbocycles. The van der Waals surface area contributed by atoms with Crippen molar-refractivity contribution in [2.24, 2.45) is 68.5 Å². The number of Topliss-reactive ketones (excluding diaryl/α,β-unsaturated/α-hetero) is 1. The van der Waals surface area contributed by atoms with Crippen molar-refractivity contribution in [3.05, 3.63) is 11.6 Å². The standard InChI is InChI=1S/C38H58O4/c1-34-15-13-29-26(28(34)8-10-32(34)41)12-18-38(21-23(39)11-17-36(29,38)3)31-20-24(40)19-22-5-6-25-27-7-9-33(42)35(27,2)16-14-30(25)37(22,31)4/h20,22-30,33,39-40,42H,5-19,21H2,1-4H3/t22?,23?,24?,25-,26-,27-,28-,29+,30+,33?,34-,35-,36+,37-,38?/m0/s1. The third-order valence-electron chi connectivity index (χ3n) is 17.4. The topological polar surface area (TPSA) is 77.8 Å². The molecule has 0 amide bonds. The molecule has 15 atom stereocenters. The van der Waals surface area contributed by atoms with Crippen LogP contribution in [0.4, 0.5) is 0 Å². The van der Waals surface area contributed by atoms with Crippen molar-refractivity contribution in [3.63, 3.8) is 0 Å². The zero-order valence-electron chi connectivity index (χ0n) is 26.9. The Balaban J connectivity index is 1.23. The number of carbonyl (C=O) groups excluding carboxylic acids is 1. The van der Waals surface area contributed by atoms with E-state index >= 15 is 0 Å². The largest absolute Gasteiger partial charge is 0.393 e. The number of carbonyl (C=O) groups is 1. The lowest BCUT2D eigenvalue weighted by Gasteiger charge is -2.70. The van der Waals surface area contributed by atoms with Crippen molar-refractivity contribution < 1.29 is 20.1 Å². The van der Waals surface area contributed by atoms with E-state index in [0.29, 0.717) is 47.2 Å². The molecule has 8 rings (SSSR count). The third kappa shape index (κ3) is 3.39. The Morgan fingerprint density at radius 3 is 2.29 bits per heavy atom. The summed E-state index contributed by atoms with van der Waals surface area (Å²) in [7, 11) is 0. The molecule has 42 heavy (non-hydrogen) atoms. The molecule has 4 heteroatoms. The summed E-state index contributed by atoms with van der Waals surface area (Å²) >= 11 is 0. The Bertz CT molecular complexity index is 1180. The molecule has 0 heterocycles. The monoisotopic (exact) mass is 578 g/mol. The molecule has 0 spiro atoms. The number of fused-ring (bicyclic) bond motifs is 10. The van der Waals surface area contributed by atoms with E-state index in [9.17, 15) is 20.1 Å². The number of allylic oxidation sites excluding steroid dienone is 1. The third-order valence-corrected chi connectivity index (χ3v) is 17.4. The number of aliphatic hydroxyl groups is 3. The van der Waals surface area contributed by atoms with Gasteiger partial charge in [-0.2, -0.15) is 0 Å². The minimum atomic E-state index is -0.380.